The van der Waals surface area contributed by atoms with Crippen LogP contribution in [0.4, 0.5) is 17.4 Å². The highest BCUT2D eigenvalue weighted by atomic mass is 16.5. The van der Waals surface area contributed by atoms with E-state index in [4.69, 9.17) is 13.9 Å². The molecular formula is C23H24N6O5. The van der Waals surface area contributed by atoms with Crippen LogP contribution in [0.15, 0.2) is 41.2 Å². The van der Waals surface area contributed by atoms with Crippen LogP contribution < -0.4 is 29.9 Å². The van der Waals surface area contributed by atoms with E-state index in [0.717, 1.165) is 37.4 Å². The Kier molecular flexibility index (Phi) is 5.76. The van der Waals surface area contributed by atoms with Gasteiger partial charge in [0.1, 0.15) is 0 Å². The number of aromatic nitrogens is 2. The van der Waals surface area contributed by atoms with Crippen LogP contribution in [-0.4, -0.2) is 62.2 Å². The van der Waals surface area contributed by atoms with Gasteiger partial charge in [-0.15, -0.1) is 0 Å². The molecule has 2 amide bonds. The second-order valence-electron chi connectivity index (χ2n) is 7.85. The number of pyridine rings is 1. The predicted molar refractivity (Wildman–Crippen MR) is 124 cm³/mol. The third kappa shape index (κ3) is 3.90. The maximum Gasteiger partial charge on any atom is 0.305 e. The van der Waals surface area contributed by atoms with Gasteiger partial charge in [0.05, 0.1) is 44.5 Å². The first-order chi connectivity index (χ1) is 16.6. The van der Waals surface area contributed by atoms with Crippen molar-refractivity contribution in [2.75, 3.05) is 55.5 Å². The topological polar surface area (TPSA) is 122 Å². The Morgan fingerprint density at radius 3 is 2.68 bits per heavy atom. The molecule has 0 aliphatic carbocycles. The van der Waals surface area contributed by atoms with Crippen LogP contribution in [0.1, 0.15) is 26.5 Å². The summed E-state index contributed by atoms with van der Waals surface area (Å²) in [6, 6.07) is 5.29. The lowest BCUT2D eigenvalue weighted by Crippen LogP contribution is -2.43. The van der Waals surface area contributed by atoms with Crippen molar-refractivity contribution in [1.82, 2.24) is 15.3 Å². The SMILES string of the molecule is COc1cc2c(cc1OC)C(=O)N(c1ncc(C(=O)Nc3cnccc3N3CCNCC3)o1)C2. The highest BCUT2D eigenvalue weighted by Crippen LogP contribution is 2.36. The number of nitrogens with one attached hydrogen (secondary N) is 2. The van der Waals surface area contributed by atoms with E-state index < -0.39 is 5.91 Å². The number of carbonyl (C=O) groups is 2. The standard InChI is InChI=1S/C23H24N6O5/c1-32-18-9-14-13-29(22(31)15(14)10-19(18)33-2)23-26-12-20(34-23)21(30)27-16-11-25-4-3-17(16)28-7-5-24-6-8-28/h3-4,9-12,24H,5-8,13H2,1-2H3,(H,27,30). The Labute approximate surface area is 195 Å². The molecule has 2 N–H and O–H groups in total. The summed E-state index contributed by atoms with van der Waals surface area (Å²) in [6.45, 7) is 3.63. The van der Waals surface area contributed by atoms with Gasteiger partial charge in [0, 0.05) is 37.9 Å². The van der Waals surface area contributed by atoms with Crippen molar-refractivity contribution in [2.45, 2.75) is 6.54 Å². The van der Waals surface area contributed by atoms with Crippen molar-refractivity contribution in [3.8, 4) is 11.5 Å². The van der Waals surface area contributed by atoms with Crippen molar-refractivity contribution < 1.29 is 23.5 Å². The third-order valence-electron chi connectivity index (χ3n) is 5.87. The molecule has 0 unspecified atom stereocenters. The first-order valence-corrected chi connectivity index (χ1v) is 10.8. The van der Waals surface area contributed by atoms with Crippen molar-refractivity contribution in [3.63, 3.8) is 0 Å². The maximum absolute atomic E-state index is 13.0. The number of methoxy groups -OCH3 is 2. The lowest BCUT2D eigenvalue weighted by molar-refractivity contribution is 0.0974. The molecule has 34 heavy (non-hydrogen) atoms. The summed E-state index contributed by atoms with van der Waals surface area (Å²) in [6.07, 6.45) is 4.61. The lowest BCUT2D eigenvalue weighted by Gasteiger charge is -2.30. The van der Waals surface area contributed by atoms with Crippen LogP contribution in [-0.2, 0) is 6.54 Å². The second-order valence-corrected chi connectivity index (χ2v) is 7.85. The van der Waals surface area contributed by atoms with Crippen LogP contribution in [0.2, 0.25) is 0 Å². The highest BCUT2D eigenvalue weighted by molar-refractivity contribution is 6.10. The smallest absolute Gasteiger partial charge is 0.305 e. The first kappa shape index (κ1) is 21.7. The van der Waals surface area contributed by atoms with E-state index in [1.807, 2.05) is 6.07 Å². The number of ether oxygens (including phenoxy) is 2. The zero-order chi connectivity index (χ0) is 23.7. The lowest BCUT2D eigenvalue weighted by atomic mass is 10.1. The molecule has 0 saturated carbocycles. The summed E-state index contributed by atoms with van der Waals surface area (Å²) in [5.41, 5.74) is 2.69. The normalized spacial score (nSPS) is 15.3. The van der Waals surface area contributed by atoms with Crippen LogP contribution in [0.25, 0.3) is 0 Å². The summed E-state index contributed by atoms with van der Waals surface area (Å²) in [4.78, 5) is 37.7. The fourth-order valence-corrected chi connectivity index (χ4v) is 4.14. The molecule has 5 rings (SSSR count). The number of hydrogen-bond donors (Lipinski definition) is 2. The van der Waals surface area contributed by atoms with E-state index >= 15 is 0 Å². The van der Waals surface area contributed by atoms with Crippen molar-refractivity contribution >= 4 is 29.2 Å². The molecule has 11 heteroatoms. The molecule has 176 valence electrons. The highest BCUT2D eigenvalue weighted by Gasteiger charge is 2.33. The summed E-state index contributed by atoms with van der Waals surface area (Å²) >= 11 is 0. The van der Waals surface area contributed by atoms with Gasteiger partial charge in [-0.25, -0.2) is 4.98 Å². The average Bonchev–Trinajstić information content (AvgIpc) is 3.49. The van der Waals surface area contributed by atoms with Gasteiger partial charge in [-0.3, -0.25) is 19.5 Å². The molecule has 11 nitrogen and oxygen atoms in total. The Bertz CT molecular complexity index is 1240. The Morgan fingerprint density at radius 2 is 1.91 bits per heavy atom. The van der Waals surface area contributed by atoms with Gasteiger partial charge in [0.15, 0.2) is 11.5 Å². The van der Waals surface area contributed by atoms with Crippen LogP contribution in [0.3, 0.4) is 0 Å². The zero-order valence-electron chi connectivity index (χ0n) is 18.8. The Balaban J connectivity index is 1.34. The van der Waals surface area contributed by atoms with E-state index in [0.29, 0.717) is 22.7 Å². The number of benzene rings is 1. The summed E-state index contributed by atoms with van der Waals surface area (Å²) in [5, 5.41) is 6.16. The second kappa shape index (κ2) is 9.02. The molecule has 4 heterocycles. The molecule has 1 fully saturated rings. The van der Waals surface area contributed by atoms with Crippen molar-refractivity contribution in [1.29, 1.82) is 0 Å². The van der Waals surface area contributed by atoms with Gasteiger partial charge in [0.25, 0.3) is 11.8 Å². The van der Waals surface area contributed by atoms with Crippen LogP contribution in [0.5, 0.6) is 11.5 Å². The molecule has 2 aliphatic heterocycles. The van der Waals surface area contributed by atoms with Gasteiger partial charge >= 0.3 is 6.01 Å². The van der Waals surface area contributed by atoms with E-state index in [1.165, 1.54) is 25.3 Å². The minimum atomic E-state index is -0.476. The maximum atomic E-state index is 13.0. The summed E-state index contributed by atoms with van der Waals surface area (Å²) in [7, 11) is 3.05. The first-order valence-electron chi connectivity index (χ1n) is 10.8. The number of rotatable bonds is 6. The number of piperazine rings is 1. The largest absolute Gasteiger partial charge is 0.493 e. The van der Waals surface area contributed by atoms with E-state index in [9.17, 15) is 9.59 Å². The number of hydrogen-bond acceptors (Lipinski definition) is 9. The van der Waals surface area contributed by atoms with Gasteiger partial charge in [-0.05, 0) is 23.8 Å². The molecule has 2 aromatic heterocycles. The molecule has 0 spiro atoms. The molecular weight excluding hydrogens is 440 g/mol. The number of anilines is 3. The van der Waals surface area contributed by atoms with E-state index in [1.54, 1.807) is 24.5 Å². The predicted octanol–water partition coefficient (Wildman–Crippen LogP) is 1.91. The molecule has 0 atom stereocenters. The number of carbonyl (C=O) groups excluding carboxylic acids is 2. The summed E-state index contributed by atoms with van der Waals surface area (Å²) in [5.74, 6) is 0.207. The third-order valence-corrected chi connectivity index (χ3v) is 5.87. The van der Waals surface area contributed by atoms with Gasteiger partial charge in [0.2, 0.25) is 5.76 Å². The minimum absolute atomic E-state index is 0.0102. The van der Waals surface area contributed by atoms with Crippen LogP contribution in [0, 0.1) is 0 Å². The number of amides is 2. The molecule has 0 bridgehead atoms. The summed E-state index contributed by atoms with van der Waals surface area (Å²) < 4.78 is 16.3. The van der Waals surface area contributed by atoms with E-state index in [-0.39, 0.29) is 24.2 Å². The Hall–Kier alpha value is -4.12. The molecule has 0 radical (unpaired) electrons. The van der Waals surface area contributed by atoms with Crippen LogP contribution >= 0.6 is 0 Å². The molecule has 2 aliphatic rings. The number of oxazole rings is 1. The Morgan fingerprint density at radius 1 is 1.15 bits per heavy atom. The molecule has 1 saturated heterocycles. The fraction of sp³-hybridized carbons (Fsp3) is 0.304. The monoisotopic (exact) mass is 464 g/mol. The van der Waals surface area contributed by atoms with Gasteiger partial charge in [-0.1, -0.05) is 0 Å². The minimum Gasteiger partial charge on any atom is -0.493 e. The van der Waals surface area contributed by atoms with E-state index in [2.05, 4.69) is 25.5 Å². The van der Waals surface area contributed by atoms with Crippen molar-refractivity contribution in [3.05, 3.63) is 53.7 Å². The number of fused-ring (bicyclic) bond motifs is 1. The molecule has 3 aromatic rings. The quantitative estimate of drug-likeness (QED) is 0.563. The van der Waals surface area contributed by atoms with Gasteiger partial charge < -0.3 is 29.4 Å². The molecule has 1 aromatic carbocycles. The van der Waals surface area contributed by atoms with Crippen molar-refractivity contribution in [2.24, 2.45) is 0 Å². The zero-order valence-corrected chi connectivity index (χ0v) is 18.8. The van der Waals surface area contributed by atoms with Gasteiger partial charge in [-0.2, -0.15) is 0 Å². The average molecular weight is 464 g/mol. The number of nitrogens with zero attached hydrogens (tertiary/aromatic N) is 4. The fourth-order valence-electron chi connectivity index (χ4n) is 4.14.